The number of aromatic nitrogens is 2. The fraction of sp³-hybridized carbons (Fsp3) is 0.115. The van der Waals surface area contributed by atoms with Crippen molar-refractivity contribution in [3.8, 4) is 33.9 Å². The monoisotopic (exact) mass is 720 g/mol. The zero-order valence-electron chi connectivity index (χ0n) is 30.2. The van der Waals surface area contributed by atoms with E-state index in [9.17, 15) is 0 Å². The van der Waals surface area contributed by atoms with Gasteiger partial charge in [0.2, 0.25) is 0 Å². The van der Waals surface area contributed by atoms with Gasteiger partial charge in [-0.2, -0.15) is 0 Å². The normalized spacial score (nSPS) is 24.4. The molecule has 12 rings (SSSR count). The molecule has 3 unspecified atom stereocenters. The van der Waals surface area contributed by atoms with Crippen LogP contribution in [-0.2, 0) is 10.8 Å². The number of benzene rings is 5. The molecule has 1 spiro atoms. The molecule has 1 aliphatic heterocycles. The van der Waals surface area contributed by atoms with Crippen LogP contribution in [0, 0.1) is 11.8 Å². The van der Waals surface area contributed by atoms with Crippen LogP contribution in [0.1, 0.15) is 40.7 Å². The Balaban J connectivity index is 1.02. The molecule has 260 valence electrons. The van der Waals surface area contributed by atoms with E-state index in [0.29, 0.717) is 11.8 Å². The van der Waals surface area contributed by atoms with Gasteiger partial charge >= 0.3 is 0 Å². The first-order valence-corrected chi connectivity index (χ1v) is 20.2. The highest BCUT2D eigenvalue weighted by Crippen LogP contribution is 2.64. The molecule has 1 saturated carbocycles. The van der Waals surface area contributed by atoms with Gasteiger partial charge in [-0.3, -0.25) is 0 Å². The van der Waals surface area contributed by atoms with Gasteiger partial charge < -0.3 is 0 Å². The Morgan fingerprint density at radius 2 is 1.33 bits per heavy atom. The predicted molar refractivity (Wildman–Crippen MR) is 225 cm³/mol. The summed E-state index contributed by atoms with van der Waals surface area (Å²) in [6, 6.07) is 47.0. The summed E-state index contributed by atoms with van der Waals surface area (Å²) in [7, 11) is 0. The first-order chi connectivity index (χ1) is 27.2. The van der Waals surface area contributed by atoms with E-state index in [0.717, 1.165) is 40.3 Å². The highest BCUT2D eigenvalue weighted by molar-refractivity contribution is 7.99. The van der Waals surface area contributed by atoms with Crippen LogP contribution in [0.25, 0.3) is 39.5 Å². The maximum Gasteiger partial charge on any atom is 0.160 e. The number of allylic oxidation sites excluding steroid dienone is 12. The first kappa shape index (κ1) is 31.3. The molecule has 1 aromatic heterocycles. The second kappa shape index (κ2) is 11.7. The molecule has 0 N–H and O–H groups in total. The highest BCUT2D eigenvalue weighted by Gasteiger charge is 2.53. The molecule has 0 radical (unpaired) electrons. The van der Waals surface area contributed by atoms with E-state index in [1.165, 1.54) is 60.7 Å². The van der Waals surface area contributed by atoms with Gasteiger partial charge in [-0.15, -0.1) is 0 Å². The van der Waals surface area contributed by atoms with Crippen LogP contribution in [0.5, 0.6) is 0 Å². The quantitative estimate of drug-likeness (QED) is 0.181. The number of nitrogens with zero attached hydrogens (tertiary/aromatic N) is 2. The molecule has 3 heteroatoms. The van der Waals surface area contributed by atoms with E-state index in [1.807, 2.05) is 11.8 Å². The minimum atomic E-state index is -0.405. The summed E-state index contributed by atoms with van der Waals surface area (Å²) in [5, 5.41) is 0. The minimum Gasteiger partial charge on any atom is -0.228 e. The lowest BCUT2D eigenvalue weighted by molar-refractivity contribution is 0.700. The van der Waals surface area contributed by atoms with Crippen molar-refractivity contribution in [2.75, 3.05) is 0 Å². The SMILES string of the molecule is C1=CC2=CC3=C(CC2C=C1)c1ccccc1C31c2ccccc2Sc2cc(-c3nc(-c4ccccc4)cc(-c4ccc([C@@]56C=CC=CC5C6)cc4)n3)ccc21. The fourth-order valence-corrected chi connectivity index (χ4v) is 11.4. The Morgan fingerprint density at radius 3 is 2.18 bits per heavy atom. The van der Waals surface area contributed by atoms with Gasteiger partial charge in [-0.1, -0.05) is 176 Å². The molecule has 6 aliphatic rings. The molecule has 0 saturated heterocycles. The number of rotatable bonds is 4. The topological polar surface area (TPSA) is 25.8 Å². The maximum absolute atomic E-state index is 5.32. The van der Waals surface area contributed by atoms with Crippen molar-refractivity contribution in [3.63, 3.8) is 0 Å². The van der Waals surface area contributed by atoms with Crippen molar-refractivity contribution in [3.05, 3.63) is 221 Å². The van der Waals surface area contributed by atoms with E-state index < -0.39 is 5.41 Å². The van der Waals surface area contributed by atoms with Gasteiger partial charge in [-0.05, 0) is 81.5 Å². The Hall–Kier alpha value is -6.03. The highest BCUT2D eigenvalue weighted by atomic mass is 32.2. The molecule has 0 amide bonds. The predicted octanol–water partition coefficient (Wildman–Crippen LogP) is 12.5. The van der Waals surface area contributed by atoms with Crippen molar-refractivity contribution in [2.24, 2.45) is 11.8 Å². The molecule has 2 heterocycles. The van der Waals surface area contributed by atoms with Gasteiger partial charge in [0.1, 0.15) is 0 Å². The van der Waals surface area contributed by atoms with Gasteiger partial charge in [0, 0.05) is 37.8 Å². The van der Waals surface area contributed by atoms with Crippen LogP contribution in [0.3, 0.4) is 0 Å². The Bertz CT molecular complexity index is 2800. The Morgan fingerprint density at radius 1 is 0.600 bits per heavy atom. The zero-order chi connectivity index (χ0) is 36.1. The van der Waals surface area contributed by atoms with Gasteiger partial charge in [0.15, 0.2) is 5.82 Å². The summed E-state index contributed by atoms with van der Waals surface area (Å²) in [5.74, 6) is 1.76. The van der Waals surface area contributed by atoms with Crippen molar-refractivity contribution < 1.29 is 0 Å². The molecule has 5 aromatic carbocycles. The van der Waals surface area contributed by atoms with Crippen LogP contribution in [0.4, 0.5) is 0 Å². The van der Waals surface area contributed by atoms with Crippen molar-refractivity contribution >= 4 is 17.3 Å². The fourth-order valence-electron chi connectivity index (χ4n) is 10.1. The lowest BCUT2D eigenvalue weighted by Gasteiger charge is -2.41. The van der Waals surface area contributed by atoms with E-state index in [1.54, 1.807) is 0 Å². The lowest BCUT2D eigenvalue weighted by Crippen LogP contribution is -2.33. The first-order valence-electron chi connectivity index (χ1n) is 19.4. The average Bonchev–Trinajstić information content (AvgIpc) is 3.95. The lowest BCUT2D eigenvalue weighted by atomic mass is 9.65. The van der Waals surface area contributed by atoms with Crippen LogP contribution in [0.15, 0.2) is 203 Å². The number of hydrogen-bond donors (Lipinski definition) is 0. The molecular weight excluding hydrogens is 685 g/mol. The summed E-state index contributed by atoms with van der Waals surface area (Å²) in [4.78, 5) is 13.1. The van der Waals surface area contributed by atoms with Crippen molar-refractivity contribution in [1.29, 1.82) is 0 Å². The number of hydrogen-bond acceptors (Lipinski definition) is 3. The largest absolute Gasteiger partial charge is 0.228 e. The van der Waals surface area contributed by atoms with E-state index >= 15 is 0 Å². The summed E-state index contributed by atoms with van der Waals surface area (Å²) < 4.78 is 0. The molecule has 5 aliphatic carbocycles. The van der Waals surface area contributed by atoms with Crippen molar-refractivity contribution in [1.82, 2.24) is 9.97 Å². The molecule has 0 bridgehead atoms. The molecule has 1 fully saturated rings. The van der Waals surface area contributed by atoms with Crippen LogP contribution in [-0.4, -0.2) is 9.97 Å². The molecular formula is C52H36N2S. The van der Waals surface area contributed by atoms with Crippen LogP contribution in [0.2, 0.25) is 0 Å². The third-order valence-electron chi connectivity index (χ3n) is 12.9. The number of fused-ring (bicyclic) bond motifs is 10. The molecule has 2 nitrogen and oxygen atoms in total. The average molecular weight is 721 g/mol. The van der Waals surface area contributed by atoms with Crippen LogP contribution >= 0.6 is 11.8 Å². The smallest absolute Gasteiger partial charge is 0.160 e. The minimum absolute atomic E-state index is 0.159. The maximum atomic E-state index is 5.32. The molecule has 6 aromatic rings. The second-order valence-corrected chi connectivity index (χ2v) is 16.8. The van der Waals surface area contributed by atoms with Gasteiger partial charge in [-0.25, -0.2) is 9.97 Å². The standard InChI is InChI=1S/C52H36N2S/c1-2-12-33(13-3-1)46-31-47(34-21-24-38(25-22-34)51-27-11-10-16-39(51)32-51)54-50(53-46)37-23-26-44-49(30-37)55-48-20-9-8-19-43(48)52(44)42-18-7-6-17-40(42)41-28-35-14-4-5-15-36(35)29-45(41)52/h1-27,29-31,35,39H,28,32H2/t35?,39?,51-,52?/m0/s1. The van der Waals surface area contributed by atoms with E-state index in [-0.39, 0.29) is 5.41 Å². The zero-order valence-corrected chi connectivity index (χ0v) is 31.0. The van der Waals surface area contributed by atoms with Crippen molar-refractivity contribution in [2.45, 2.75) is 33.5 Å². The summed E-state index contributed by atoms with van der Waals surface area (Å²) >= 11 is 1.87. The molecule has 4 atom stereocenters. The Kier molecular flexibility index (Phi) is 6.68. The van der Waals surface area contributed by atoms with Gasteiger partial charge in [0.25, 0.3) is 0 Å². The third-order valence-corrected chi connectivity index (χ3v) is 14.0. The Labute approximate surface area is 326 Å². The summed E-state index contributed by atoms with van der Waals surface area (Å²) in [6.07, 6.45) is 22.9. The van der Waals surface area contributed by atoms with E-state index in [4.69, 9.17) is 9.97 Å². The van der Waals surface area contributed by atoms with Gasteiger partial charge in [0.05, 0.1) is 16.8 Å². The molecule has 55 heavy (non-hydrogen) atoms. The summed E-state index contributed by atoms with van der Waals surface area (Å²) in [5.41, 5.74) is 16.0. The third kappa shape index (κ3) is 4.57. The summed E-state index contributed by atoms with van der Waals surface area (Å²) in [6.45, 7) is 0. The van der Waals surface area contributed by atoms with Crippen LogP contribution < -0.4 is 0 Å². The van der Waals surface area contributed by atoms with E-state index in [2.05, 4.69) is 182 Å². The second-order valence-electron chi connectivity index (χ2n) is 15.7.